The second-order valence-corrected chi connectivity index (χ2v) is 8.20. The largest absolute Gasteiger partial charge is 0.350 e. The van der Waals surface area contributed by atoms with Crippen LogP contribution in [0.25, 0.3) is 10.2 Å². The first kappa shape index (κ1) is 17.5. The van der Waals surface area contributed by atoms with E-state index in [2.05, 4.69) is 15.0 Å². The standard InChI is InChI=1S/C17H17N3O3S2/c21-16(10-11-19-25(22,23)13-6-2-1-3-7-13)18-12-17-20-14-8-4-5-9-15(14)24-17/h1-9,19H,10-12H2,(H,18,21). The molecule has 0 aliphatic heterocycles. The lowest BCUT2D eigenvalue weighted by atomic mass is 10.3. The number of carbonyl (C=O) groups excluding carboxylic acids is 1. The van der Waals surface area contributed by atoms with Crippen molar-refractivity contribution in [2.45, 2.75) is 17.9 Å². The summed E-state index contributed by atoms with van der Waals surface area (Å²) in [6, 6.07) is 15.8. The third kappa shape index (κ3) is 4.62. The second-order valence-electron chi connectivity index (χ2n) is 5.31. The van der Waals surface area contributed by atoms with Crippen LogP contribution in [0.4, 0.5) is 0 Å². The first-order valence-electron chi connectivity index (χ1n) is 7.70. The number of nitrogens with zero attached hydrogens (tertiary/aromatic N) is 1. The summed E-state index contributed by atoms with van der Waals surface area (Å²) in [5.41, 5.74) is 0.910. The molecule has 8 heteroatoms. The predicted octanol–water partition coefficient (Wildman–Crippen LogP) is 2.28. The minimum Gasteiger partial charge on any atom is -0.350 e. The molecule has 0 bridgehead atoms. The van der Waals surface area contributed by atoms with Gasteiger partial charge in [0.05, 0.1) is 21.7 Å². The summed E-state index contributed by atoms with van der Waals surface area (Å²) in [5, 5.41) is 3.58. The Morgan fingerprint density at radius 1 is 1.04 bits per heavy atom. The quantitative estimate of drug-likeness (QED) is 0.663. The molecule has 1 aromatic heterocycles. The van der Waals surface area contributed by atoms with E-state index in [1.54, 1.807) is 18.2 Å². The van der Waals surface area contributed by atoms with Crippen LogP contribution >= 0.6 is 11.3 Å². The molecule has 3 aromatic rings. The maximum absolute atomic E-state index is 12.0. The minimum atomic E-state index is -3.58. The fourth-order valence-corrected chi connectivity index (χ4v) is 4.20. The van der Waals surface area contributed by atoms with Crippen molar-refractivity contribution in [2.24, 2.45) is 0 Å². The van der Waals surface area contributed by atoms with E-state index in [1.807, 2.05) is 24.3 Å². The lowest BCUT2D eigenvalue weighted by Gasteiger charge is -2.07. The summed E-state index contributed by atoms with van der Waals surface area (Å²) in [7, 11) is -3.58. The molecule has 0 saturated carbocycles. The lowest BCUT2D eigenvalue weighted by Crippen LogP contribution is -2.30. The summed E-state index contributed by atoms with van der Waals surface area (Å²) in [6.07, 6.45) is 0.0664. The van der Waals surface area contributed by atoms with Crippen LogP contribution in [-0.2, 0) is 21.4 Å². The monoisotopic (exact) mass is 375 g/mol. The van der Waals surface area contributed by atoms with Crippen LogP contribution in [0.2, 0.25) is 0 Å². The highest BCUT2D eigenvalue weighted by Crippen LogP contribution is 2.21. The lowest BCUT2D eigenvalue weighted by molar-refractivity contribution is -0.121. The van der Waals surface area contributed by atoms with Crippen LogP contribution in [0.15, 0.2) is 59.5 Å². The van der Waals surface area contributed by atoms with E-state index in [9.17, 15) is 13.2 Å². The number of hydrogen-bond donors (Lipinski definition) is 2. The maximum Gasteiger partial charge on any atom is 0.240 e. The number of rotatable bonds is 7. The van der Waals surface area contributed by atoms with Gasteiger partial charge in [-0.25, -0.2) is 18.1 Å². The van der Waals surface area contributed by atoms with Crippen LogP contribution in [0.1, 0.15) is 11.4 Å². The minimum absolute atomic E-state index is 0.0445. The van der Waals surface area contributed by atoms with Crippen molar-refractivity contribution < 1.29 is 13.2 Å². The fourth-order valence-electron chi connectivity index (χ4n) is 2.24. The molecule has 0 fully saturated rings. The first-order chi connectivity index (χ1) is 12.0. The average Bonchev–Trinajstić information content (AvgIpc) is 3.03. The Hall–Kier alpha value is -2.29. The third-order valence-electron chi connectivity index (χ3n) is 3.47. The normalized spacial score (nSPS) is 11.5. The van der Waals surface area contributed by atoms with E-state index in [4.69, 9.17) is 0 Å². The van der Waals surface area contributed by atoms with Gasteiger partial charge in [-0.1, -0.05) is 30.3 Å². The van der Waals surface area contributed by atoms with Crippen molar-refractivity contribution in [1.29, 1.82) is 0 Å². The number of hydrogen-bond acceptors (Lipinski definition) is 5. The number of amides is 1. The molecule has 6 nitrogen and oxygen atoms in total. The van der Waals surface area contributed by atoms with E-state index in [0.717, 1.165) is 15.2 Å². The van der Waals surface area contributed by atoms with Crippen molar-refractivity contribution in [3.63, 3.8) is 0 Å². The Morgan fingerprint density at radius 2 is 1.76 bits per heavy atom. The van der Waals surface area contributed by atoms with Crippen molar-refractivity contribution in [3.05, 3.63) is 59.6 Å². The molecule has 0 aliphatic rings. The third-order valence-corrected chi connectivity index (χ3v) is 5.99. The number of fused-ring (bicyclic) bond motifs is 1. The zero-order valence-electron chi connectivity index (χ0n) is 13.3. The van der Waals surface area contributed by atoms with Crippen LogP contribution in [0, 0.1) is 0 Å². The van der Waals surface area contributed by atoms with E-state index >= 15 is 0 Å². The highest BCUT2D eigenvalue weighted by molar-refractivity contribution is 7.89. The average molecular weight is 375 g/mol. The van der Waals surface area contributed by atoms with Gasteiger partial charge in [-0.15, -0.1) is 11.3 Å². The molecule has 2 N–H and O–H groups in total. The second kappa shape index (κ2) is 7.73. The molecular weight excluding hydrogens is 358 g/mol. The van der Waals surface area contributed by atoms with Gasteiger partial charge in [-0.05, 0) is 24.3 Å². The molecule has 0 atom stereocenters. The van der Waals surface area contributed by atoms with E-state index < -0.39 is 10.0 Å². The fraction of sp³-hybridized carbons (Fsp3) is 0.176. The number of thiazole rings is 1. The van der Waals surface area contributed by atoms with Crippen LogP contribution in [0.3, 0.4) is 0 Å². The van der Waals surface area contributed by atoms with Gasteiger partial charge in [-0.2, -0.15) is 0 Å². The molecule has 1 heterocycles. The van der Waals surface area contributed by atoms with Crippen LogP contribution in [0.5, 0.6) is 0 Å². The van der Waals surface area contributed by atoms with Gasteiger partial charge in [0.1, 0.15) is 5.01 Å². The zero-order valence-corrected chi connectivity index (χ0v) is 14.9. The molecule has 25 heavy (non-hydrogen) atoms. The van der Waals surface area contributed by atoms with Gasteiger partial charge in [0.2, 0.25) is 15.9 Å². The molecule has 0 radical (unpaired) electrons. The molecule has 0 spiro atoms. The highest BCUT2D eigenvalue weighted by atomic mass is 32.2. The van der Waals surface area contributed by atoms with Gasteiger partial charge in [0, 0.05) is 13.0 Å². The summed E-state index contributed by atoms with van der Waals surface area (Å²) in [6.45, 7) is 0.381. The number of sulfonamides is 1. The maximum atomic E-state index is 12.0. The molecule has 1 amide bonds. The number of para-hydroxylation sites is 1. The predicted molar refractivity (Wildman–Crippen MR) is 97.7 cm³/mol. The first-order valence-corrected chi connectivity index (χ1v) is 10.0. The Kier molecular flexibility index (Phi) is 5.42. The van der Waals surface area contributed by atoms with Gasteiger partial charge in [-0.3, -0.25) is 4.79 Å². The van der Waals surface area contributed by atoms with Crippen molar-refractivity contribution >= 4 is 37.5 Å². The Balaban J connectivity index is 1.47. The van der Waals surface area contributed by atoms with Gasteiger partial charge in [0.15, 0.2) is 0 Å². The molecule has 0 unspecified atom stereocenters. The van der Waals surface area contributed by atoms with E-state index in [-0.39, 0.29) is 23.8 Å². The Labute approximate surface area is 150 Å². The van der Waals surface area contributed by atoms with Crippen molar-refractivity contribution in [3.8, 4) is 0 Å². The van der Waals surface area contributed by atoms with Crippen LogP contribution in [-0.4, -0.2) is 25.9 Å². The SMILES string of the molecule is O=C(CCNS(=O)(=O)c1ccccc1)NCc1nc2ccccc2s1. The molecule has 0 aliphatic carbocycles. The number of aromatic nitrogens is 1. The summed E-state index contributed by atoms with van der Waals surface area (Å²) >= 11 is 1.53. The highest BCUT2D eigenvalue weighted by Gasteiger charge is 2.13. The molecule has 2 aromatic carbocycles. The zero-order chi connectivity index (χ0) is 17.7. The van der Waals surface area contributed by atoms with E-state index in [0.29, 0.717) is 6.54 Å². The van der Waals surface area contributed by atoms with Crippen molar-refractivity contribution in [1.82, 2.24) is 15.0 Å². The Morgan fingerprint density at radius 3 is 2.52 bits per heavy atom. The summed E-state index contributed by atoms with van der Waals surface area (Å²) in [4.78, 5) is 16.5. The molecule has 130 valence electrons. The smallest absolute Gasteiger partial charge is 0.240 e. The molecule has 0 saturated heterocycles. The molecule has 3 rings (SSSR count). The number of nitrogens with one attached hydrogen (secondary N) is 2. The number of carbonyl (C=O) groups is 1. The topological polar surface area (TPSA) is 88.2 Å². The summed E-state index contributed by atoms with van der Waals surface area (Å²) in [5.74, 6) is -0.227. The summed E-state index contributed by atoms with van der Waals surface area (Å²) < 4.78 is 27.6. The molecular formula is C17H17N3O3S2. The van der Waals surface area contributed by atoms with Gasteiger partial charge >= 0.3 is 0 Å². The number of benzene rings is 2. The van der Waals surface area contributed by atoms with Gasteiger partial charge in [0.25, 0.3) is 0 Å². The van der Waals surface area contributed by atoms with Gasteiger partial charge < -0.3 is 5.32 Å². The van der Waals surface area contributed by atoms with Crippen LogP contribution < -0.4 is 10.0 Å². The Bertz CT molecular complexity index is 936. The van der Waals surface area contributed by atoms with E-state index in [1.165, 1.54) is 23.5 Å². The van der Waals surface area contributed by atoms with Crippen molar-refractivity contribution in [2.75, 3.05) is 6.54 Å².